The summed E-state index contributed by atoms with van der Waals surface area (Å²) >= 11 is 0. The van der Waals surface area contributed by atoms with Gasteiger partial charge in [0, 0.05) is 37.8 Å². The van der Waals surface area contributed by atoms with E-state index in [1.54, 1.807) is 17.3 Å². The highest BCUT2D eigenvalue weighted by Gasteiger charge is 2.35. The highest BCUT2D eigenvalue weighted by molar-refractivity contribution is 7.88. The molecule has 1 saturated heterocycles. The van der Waals surface area contributed by atoms with Crippen molar-refractivity contribution in [2.45, 2.75) is 69.6 Å². The number of nitrogens with one attached hydrogen (secondary N) is 1. The molecular weight excluding hydrogens is 380 g/mol. The third-order valence-corrected chi connectivity index (χ3v) is 6.41. The summed E-state index contributed by atoms with van der Waals surface area (Å²) in [6.07, 6.45) is 10.1. The SMILES string of the molecule is CC(=O)N1CCC[C@H](NS(C)(=O)=O)[C@@H]1COC1CCC(c2ncccn2)CC1. The Kier molecular flexibility index (Phi) is 7.00. The maximum atomic E-state index is 12.1. The summed E-state index contributed by atoms with van der Waals surface area (Å²) in [5.41, 5.74) is 0. The average molecular weight is 411 g/mol. The Bertz CT molecular complexity index is 750. The molecule has 1 N–H and O–H groups in total. The van der Waals surface area contributed by atoms with Crippen molar-refractivity contribution in [1.29, 1.82) is 0 Å². The Morgan fingerprint density at radius 1 is 1.21 bits per heavy atom. The van der Waals surface area contributed by atoms with Crippen LogP contribution in [0.2, 0.25) is 0 Å². The van der Waals surface area contributed by atoms with E-state index in [0.717, 1.165) is 44.2 Å². The normalized spacial score (nSPS) is 28.9. The highest BCUT2D eigenvalue weighted by Crippen LogP contribution is 2.32. The summed E-state index contributed by atoms with van der Waals surface area (Å²) in [5.74, 6) is 1.22. The Balaban J connectivity index is 1.57. The first kappa shape index (κ1) is 21.1. The molecule has 0 radical (unpaired) electrons. The molecule has 2 heterocycles. The number of carbonyl (C=O) groups is 1. The van der Waals surface area contributed by atoms with Crippen molar-refractivity contribution in [3.05, 3.63) is 24.3 Å². The number of nitrogens with zero attached hydrogens (tertiary/aromatic N) is 3. The molecule has 0 spiro atoms. The van der Waals surface area contributed by atoms with Crippen LogP contribution in [0.5, 0.6) is 0 Å². The van der Waals surface area contributed by atoms with Crippen LogP contribution in [-0.4, -0.2) is 66.8 Å². The van der Waals surface area contributed by atoms with E-state index >= 15 is 0 Å². The predicted molar refractivity (Wildman–Crippen MR) is 105 cm³/mol. The van der Waals surface area contributed by atoms with E-state index in [9.17, 15) is 13.2 Å². The van der Waals surface area contributed by atoms with Crippen LogP contribution in [0.4, 0.5) is 0 Å². The second kappa shape index (κ2) is 9.28. The Labute approximate surface area is 167 Å². The number of likely N-dealkylation sites (tertiary alicyclic amines) is 1. The smallest absolute Gasteiger partial charge is 0.219 e. The largest absolute Gasteiger partial charge is 0.376 e. The van der Waals surface area contributed by atoms with Gasteiger partial charge in [0.15, 0.2) is 0 Å². The summed E-state index contributed by atoms with van der Waals surface area (Å²) < 4.78 is 32.3. The molecule has 1 aromatic rings. The molecule has 2 aliphatic rings. The second-order valence-corrected chi connectivity index (χ2v) is 9.61. The molecule has 0 aromatic carbocycles. The number of aromatic nitrogens is 2. The quantitative estimate of drug-likeness (QED) is 0.762. The Morgan fingerprint density at radius 3 is 2.50 bits per heavy atom. The van der Waals surface area contributed by atoms with Crippen LogP contribution in [0.25, 0.3) is 0 Å². The first-order chi connectivity index (χ1) is 13.3. The molecule has 1 aliphatic heterocycles. The number of rotatable bonds is 6. The van der Waals surface area contributed by atoms with Gasteiger partial charge in [-0.05, 0) is 44.6 Å². The van der Waals surface area contributed by atoms with Gasteiger partial charge in [-0.2, -0.15) is 0 Å². The van der Waals surface area contributed by atoms with E-state index in [4.69, 9.17) is 4.74 Å². The van der Waals surface area contributed by atoms with Crippen LogP contribution in [-0.2, 0) is 19.6 Å². The lowest BCUT2D eigenvalue weighted by atomic mass is 9.86. The fourth-order valence-corrected chi connectivity index (χ4v) is 5.14. The van der Waals surface area contributed by atoms with Gasteiger partial charge in [0.25, 0.3) is 0 Å². The summed E-state index contributed by atoms with van der Waals surface area (Å²) in [7, 11) is -3.34. The van der Waals surface area contributed by atoms with Crippen molar-refractivity contribution in [2.24, 2.45) is 0 Å². The maximum absolute atomic E-state index is 12.1. The third-order valence-electron chi connectivity index (χ3n) is 5.68. The molecule has 2 fully saturated rings. The number of carbonyl (C=O) groups excluding carboxylic acids is 1. The molecule has 0 bridgehead atoms. The number of ether oxygens (including phenoxy) is 1. The molecule has 1 aliphatic carbocycles. The van der Waals surface area contributed by atoms with E-state index in [2.05, 4.69) is 14.7 Å². The molecule has 3 rings (SSSR count). The summed E-state index contributed by atoms with van der Waals surface area (Å²) in [6.45, 7) is 2.52. The molecule has 8 nitrogen and oxygen atoms in total. The van der Waals surface area contributed by atoms with Crippen molar-refractivity contribution in [1.82, 2.24) is 19.6 Å². The minimum atomic E-state index is -3.34. The van der Waals surface area contributed by atoms with E-state index in [-0.39, 0.29) is 24.1 Å². The lowest BCUT2D eigenvalue weighted by Crippen LogP contribution is -2.58. The molecule has 156 valence electrons. The summed E-state index contributed by atoms with van der Waals surface area (Å²) in [6, 6.07) is 1.25. The van der Waals surface area contributed by atoms with Gasteiger partial charge in [-0.15, -0.1) is 0 Å². The zero-order chi connectivity index (χ0) is 20.1. The van der Waals surface area contributed by atoms with Gasteiger partial charge in [-0.25, -0.2) is 23.1 Å². The van der Waals surface area contributed by atoms with Crippen LogP contribution in [0.1, 0.15) is 57.2 Å². The Hall–Kier alpha value is -1.58. The molecule has 1 amide bonds. The summed E-state index contributed by atoms with van der Waals surface area (Å²) in [5, 5.41) is 0. The molecule has 9 heteroatoms. The van der Waals surface area contributed by atoms with Gasteiger partial charge in [-0.1, -0.05) is 0 Å². The topological polar surface area (TPSA) is 101 Å². The Morgan fingerprint density at radius 2 is 1.89 bits per heavy atom. The number of amides is 1. The lowest BCUT2D eigenvalue weighted by Gasteiger charge is -2.41. The number of hydrogen-bond donors (Lipinski definition) is 1. The molecule has 1 aromatic heterocycles. The molecule has 1 saturated carbocycles. The van der Waals surface area contributed by atoms with E-state index < -0.39 is 10.0 Å². The number of hydrogen-bond acceptors (Lipinski definition) is 6. The fourth-order valence-electron chi connectivity index (χ4n) is 4.31. The lowest BCUT2D eigenvalue weighted by molar-refractivity contribution is -0.136. The van der Waals surface area contributed by atoms with Crippen LogP contribution >= 0.6 is 0 Å². The zero-order valence-corrected chi connectivity index (χ0v) is 17.4. The van der Waals surface area contributed by atoms with Gasteiger partial charge in [0.2, 0.25) is 15.9 Å². The van der Waals surface area contributed by atoms with E-state index in [1.165, 1.54) is 6.92 Å². The van der Waals surface area contributed by atoms with Gasteiger partial charge in [0.1, 0.15) is 5.82 Å². The van der Waals surface area contributed by atoms with Gasteiger partial charge >= 0.3 is 0 Å². The van der Waals surface area contributed by atoms with E-state index in [0.29, 0.717) is 25.5 Å². The minimum absolute atomic E-state index is 0.0430. The zero-order valence-electron chi connectivity index (χ0n) is 16.6. The van der Waals surface area contributed by atoms with Crippen molar-refractivity contribution in [3.63, 3.8) is 0 Å². The van der Waals surface area contributed by atoms with Crippen molar-refractivity contribution < 1.29 is 17.9 Å². The standard InChI is InChI=1S/C19H30N4O4S/c1-14(24)23-12-3-5-17(22-28(2,25)26)18(23)13-27-16-8-6-15(7-9-16)19-20-10-4-11-21-19/h4,10-11,15-18,22H,3,5-9,12-13H2,1-2H3/t15?,16?,17-,18-/m0/s1. The van der Waals surface area contributed by atoms with Crippen LogP contribution < -0.4 is 4.72 Å². The van der Waals surface area contributed by atoms with Crippen LogP contribution in [0.15, 0.2) is 18.5 Å². The van der Waals surface area contributed by atoms with Crippen molar-refractivity contribution >= 4 is 15.9 Å². The number of piperidine rings is 1. The number of sulfonamides is 1. The first-order valence-electron chi connectivity index (χ1n) is 9.96. The van der Waals surface area contributed by atoms with Crippen LogP contribution in [0, 0.1) is 0 Å². The first-order valence-corrected chi connectivity index (χ1v) is 11.9. The van der Waals surface area contributed by atoms with Gasteiger partial charge in [-0.3, -0.25) is 4.79 Å². The second-order valence-electron chi connectivity index (χ2n) is 7.83. The predicted octanol–water partition coefficient (Wildman–Crippen LogP) is 1.45. The molecular formula is C19H30N4O4S. The minimum Gasteiger partial charge on any atom is -0.376 e. The van der Waals surface area contributed by atoms with Gasteiger partial charge < -0.3 is 9.64 Å². The molecule has 28 heavy (non-hydrogen) atoms. The molecule has 0 unspecified atom stereocenters. The van der Waals surface area contributed by atoms with Crippen LogP contribution in [0.3, 0.4) is 0 Å². The maximum Gasteiger partial charge on any atom is 0.219 e. The van der Waals surface area contributed by atoms with Crippen molar-refractivity contribution in [3.8, 4) is 0 Å². The van der Waals surface area contributed by atoms with Crippen molar-refractivity contribution in [2.75, 3.05) is 19.4 Å². The molecule has 2 atom stereocenters. The average Bonchev–Trinajstić information content (AvgIpc) is 2.66. The fraction of sp³-hybridized carbons (Fsp3) is 0.737. The monoisotopic (exact) mass is 410 g/mol. The van der Waals surface area contributed by atoms with Gasteiger partial charge in [0.05, 0.1) is 25.0 Å². The third kappa shape index (κ3) is 5.71. The highest BCUT2D eigenvalue weighted by atomic mass is 32.2. The van der Waals surface area contributed by atoms with E-state index in [1.807, 2.05) is 6.07 Å². The summed E-state index contributed by atoms with van der Waals surface area (Å²) in [4.78, 5) is 22.5.